The molecule has 0 atom stereocenters. The van der Waals surface area contributed by atoms with Crippen molar-refractivity contribution in [2.75, 3.05) is 13.6 Å². The van der Waals surface area contributed by atoms with E-state index >= 15 is 0 Å². The number of carbonyl (C=O) groups excluding carboxylic acids is 1. The highest BCUT2D eigenvalue weighted by atomic mass is 16.3. The van der Waals surface area contributed by atoms with Gasteiger partial charge in [-0.2, -0.15) is 0 Å². The predicted octanol–water partition coefficient (Wildman–Crippen LogP) is 1.78. The third-order valence-corrected chi connectivity index (χ3v) is 3.87. The molecular weight excluding hydrogens is 240 g/mol. The van der Waals surface area contributed by atoms with Crippen LogP contribution in [-0.4, -0.2) is 40.1 Å². The van der Waals surface area contributed by atoms with Crippen LogP contribution in [0.3, 0.4) is 0 Å². The molecule has 1 saturated carbocycles. The van der Waals surface area contributed by atoms with E-state index in [0.717, 1.165) is 37.7 Å². The van der Waals surface area contributed by atoms with Crippen LogP contribution in [0.5, 0.6) is 0 Å². The second kappa shape index (κ2) is 6.15. The minimum absolute atomic E-state index is 0.0946. The lowest BCUT2D eigenvalue weighted by Crippen LogP contribution is -2.42. The highest BCUT2D eigenvalue weighted by Gasteiger charge is 2.33. The van der Waals surface area contributed by atoms with Crippen LogP contribution >= 0.6 is 0 Å². The van der Waals surface area contributed by atoms with Crippen LogP contribution in [0.4, 0.5) is 0 Å². The zero-order chi connectivity index (χ0) is 13.7. The van der Waals surface area contributed by atoms with Crippen molar-refractivity contribution in [3.05, 3.63) is 30.1 Å². The summed E-state index contributed by atoms with van der Waals surface area (Å²) in [6, 6.07) is 3.86. The van der Waals surface area contributed by atoms with Crippen LogP contribution in [0.2, 0.25) is 0 Å². The monoisotopic (exact) mass is 262 g/mol. The van der Waals surface area contributed by atoms with Gasteiger partial charge in [0.1, 0.15) is 0 Å². The SMILES string of the molecule is CN(CC1(O)CCCC1)C(=O)CCc1ccncc1. The van der Waals surface area contributed by atoms with E-state index < -0.39 is 5.60 Å². The maximum absolute atomic E-state index is 12.0. The molecule has 0 aliphatic heterocycles. The Kier molecular flexibility index (Phi) is 4.53. The fourth-order valence-electron chi connectivity index (χ4n) is 2.71. The molecule has 0 spiro atoms. The lowest BCUT2D eigenvalue weighted by Gasteiger charge is -2.28. The van der Waals surface area contributed by atoms with Gasteiger partial charge in [0.25, 0.3) is 0 Å². The van der Waals surface area contributed by atoms with E-state index in [9.17, 15) is 9.90 Å². The first-order valence-corrected chi connectivity index (χ1v) is 6.94. The summed E-state index contributed by atoms with van der Waals surface area (Å²) >= 11 is 0. The molecule has 104 valence electrons. The number of likely N-dealkylation sites (N-methyl/N-ethyl adjacent to an activating group) is 1. The first kappa shape index (κ1) is 14.0. The Bertz CT molecular complexity index is 413. The number of aromatic nitrogens is 1. The average Bonchev–Trinajstić information content (AvgIpc) is 2.83. The van der Waals surface area contributed by atoms with Crippen molar-refractivity contribution in [3.8, 4) is 0 Å². The summed E-state index contributed by atoms with van der Waals surface area (Å²) in [6.07, 6.45) is 8.45. The molecule has 1 fully saturated rings. The summed E-state index contributed by atoms with van der Waals surface area (Å²) in [5.74, 6) is 0.0946. The number of hydrogen-bond donors (Lipinski definition) is 1. The number of nitrogens with zero attached hydrogens (tertiary/aromatic N) is 2. The molecule has 0 saturated heterocycles. The smallest absolute Gasteiger partial charge is 0.222 e. The quantitative estimate of drug-likeness (QED) is 0.880. The fourth-order valence-corrected chi connectivity index (χ4v) is 2.71. The molecule has 1 N–H and O–H groups in total. The maximum Gasteiger partial charge on any atom is 0.222 e. The summed E-state index contributed by atoms with van der Waals surface area (Å²) in [5, 5.41) is 10.3. The summed E-state index contributed by atoms with van der Waals surface area (Å²) in [7, 11) is 1.78. The van der Waals surface area contributed by atoms with Crippen LogP contribution in [0.25, 0.3) is 0 Å². The van der Waals surface area contributed by atoms with Crippen LogP contribution in [0.15, 0.2) is 24.5 Å². The van der Waals surface area contributed by atoms with Crippen molar-refractivity contribution in [3.63, 3.8) is 0 Å². The summed E-state index contributed by atoms with van der Waals surface area (Å²) in [5.41, 5.74) is 0.470. The molecule has 19 heavy (non-hydrogen) atoms. The number of amides is 1. The standard InChI is InChI=1S/C15H22N2O2/c1-17(12-15(19)8-2-3-9-15)14(18)5-4-13-6-10-16-11-7-13/h6-7,10-11,19H,2-5,8-9,12H2,1H3. The van der Waals surface area contributed by atoms with Gasteiger partial charge in [-0.1, -0.05) is 12.8 Å². The molecule has 1 aliphatic carbocycles. The lowest BCUT2D eigenvalue weighted by atomic mass is 10.0. The Hall–Kier alpha value is -1.42. The van der Waals surface area contributed by atoms with Gasteiger partial charge in [0.15, 0.2) is 0 Å². The Balaban J connectivity index is 1.79. The second-order valence-electron chi connectivity index (χ2n) is 5.54. The zero-order valence-corrected chi connectivity index (χ0v) is 11.5. The summed E-state index contributed by atoms with van der Waals surface area (Å²) in [4.78, 5) is 17.7. The lowest BCUT2D eigenvalue weighted by molar-refractivity contribution is -0.133. The van der Waals surface area contributed by atoms with Gasteiger partial charge in [0.05, 0.1) is 5.60 Å². The molecule has 0 bridgehead atoms. The number of aryl methyl sites for hydroxylation is 1. The topological polar surface area (TPSA) is 53.4 Å². The molecule has 0 unspecified atom stereocenters. The van der Waals surface area contributed by atoms with Crippen molar-refractivity contribution in [1.82, 2.24) is 9.88 Å². The average molecular weight is 262 g/mol. The van der Waals surface area contributed by atoms with Crippen molar-refractivity contribution in [1.29, 1.82) is 0 Å². The fraction of sp³-hybridized carbons (Fsp3) is 0.600. The largest absolute Gasteiger partial charge is 0.388 e. The normalized spacial score (nSPS) is 17.4. The molecule has 1 aromatic rings. The molecule has 4 nitrogen and oxygen atoms in total. The number of rotatable bonds is 5. The van der Waals surface area contributed by atoms with Crippen LogP contribution in [-0.2, 0) is 11.2 Å². The third kappa shape index (κ3) is 4.03. The van der Waals surface area contributed by atoms with Gasteiger partial charge in [-0.05, 0) is 37.0 Å². The number of aliphatic hydroxyl groups is 1. The Morgan fingerprint density at radius 1 is 1.37 bits per heavy atom. The molecule has 0 aromatic carbocycles. The van der Waals surface area contributed by atoms with Crippen LogP contribution in [0.1, 0.15) is 37.7 Å². The molecular formula is C15H22N2O2. The molecule has 1 heterocycles. The molecule has 4 heteroatoms. The number of pyridine rings is 1. The van der Waals surface area contributed by atoms with Gasteiger partial charge in [0, 0.05) is 32.4 Å². The minimum Gasteiger partial charge on any atom is -0.388 e. The summed E-state index contributed by atoms with van der Waals surface area (Å²) < 4.78 is 0. The Morgan fingerprint density at radius 3 is 2.63 bits per heavy atom. The minimum atomic E-state index is -0.652. The van der Waals surface area contributed by atoms with E-state index in [1.165, 1.54) is 0 Å². The van der Waals surface area contributed by atoms with Gasteiger partial charge < -0.3 is 10.0 Å². The summed E-state index contributed by atoms with van der Waals surface area (Å²) in [6.45, 7) is 0.460. The van der Waals surface area contributed by atoms with Crippen molar-refractivity contribution in [2.45, 2.75) is 44.1 Å². The number of hydrogen-bond acceptors (Lipinski definition) is 3. The van der Waals surface area contributed by atoms with Gasteiger partial charge in [-0.25, -0.2) is 0 Å². The molecule has 0 radical (unpaired) electrons. The Labute approximate surface area is 114 Å². The van der Waals surface area contributed by atoms with E-state index in [1.54, 1.807) is 24.3 Å². The van der Waals surface area contributed by atoms with E-state index in [4.69, 9.17) is 0 Å². The van der Waals surface area contributed by atoms with Crippen molar-refractivity contribution in [2.24, 2.45) is 0 Å². The second-order valence-corrected chi connectivity index (χ2v) is 5.54. The van der Waals surface area contributed by atoms with E-state index in [1.807, 2.05) is 12.1 Å². The van der Waals surface area contributed by atoms with Gasteiger partial charge in [-0.3, -0.25) is 9.78 Å². The van der Waals surface area contributed by atoms with E-state index in [2.05, 4.69) is 4.98 Å². The van der Waals surface area contributed by atoms with Crippen LogP contribution in [0, 0.1) is 0 Å². The van der Waals surface area contributed by atoms with Gasteiger partial charge in [0.2, 0.25) is 5.91 Å². The highest BCUT2D eigenvalue weighted by Crippen LogP contribution is 2.30. The predicted molar refractivity (Wildman–Crippen MR) is 73.6 cm³/mol. The zero-order valence-electron chi connectivity index (χ0n) is 11.5. The van der Waals surface area contributed by atoms with Crippen molar-refractivity contribution >= 4 is 5.91 Å². The number of carbonyl (C=O) groups is 1. The molecule has 1 aromatic heterocycles. The highest BCUT2D eigenvalue weighted by molar-refractivity contribution is 5.76. The van der Waals surface area contributed by atoms with Gasteiger partial charge >= 0.3 is 0 Å². The van der Waals surface area contributed by atoms with Crippen LogP contribution < -0.4 is 0 Å². The first-order valence-electron chi connectivity index (χ1n) is 6.94. The first-order chi connectivity index (χ1) is 9.09. The molecule has 1 amide bonds. The Morgan fingerprint density at radius 2 is 2.00 bits per heavy atom. The molecule has 1 aliphatic rings. The molecule has 2 rings (SSSR count). The maximum atomic E-state index is 12.0. The van der Waals surface area contributed by atoms with Crippen molar-refractivity contribution < 1.29 is 9.90 Å². The third-order valence-electron chi connectivity index (χ3n) is 3.87. The van der Waals surface area contributed by atoms with Gasteiger partial charge in [-0.15, -0.1) is 0 Å². The van der Waals surface area contributed by atoms with E-state index in [0.29, 0.717) is 13.0 Å². The van der Waals surface area contributed by atoms with E-state index in [-0.39, 0.29) is 5.91 Å².